The zero-order valence-electron chi connectivity index (χ0n) is 13.2. The van der Waals surface area contributed by atoms with Gasteiger partial charge >= 0.3 is 0 Å². The minimum atomic E-state index is -0.0364. The molecule has 1 N–H and O–H groups in total. The number of aromatic nitrogens is 3. The molecule has 0 unspecified atom stereocenters. The Labute approximate surface area is 126 Å². The Kier molecular flexibility index (Phi) is 5.51. The molecule has 0 bridgehead atoms. The molecule has 1 heterocycles. The largest absolute Gasteiger partial charge is 0.390 e. The molecular formula is C17H25N3O. The van der Waals surface area contributed by atoms with Crippen LogP contribution in [0.1, 0.15) is 62.0 Å². The van der Waals surface area contributed by atoms with E-state index in [0.717, 1.165) is 25.0 Å². The third-order valence-corrected chi connectivity index (χ3v) is 3.81. The van der Waals surface area contributed by atoms with Crippen molar-refractivity contribution in [3.05, 3.63) is 46.8 Å². The Bertz CT molecular complexity index is 558. The maximum absolute atomic E-state index is 9.38. The zero-order valence-corrected chi connectivity index (χ0v) is 13.2. The minimum Gasteiger partial charge on any atom is -0.390 e. The standard InChI is InChI=1S/C17H25N3O/c1-4-5-6-17-16(12-21)18-19-20(17)11-14-7-9-15(10-8-14)13(2)3/h7-10,13,21H,4-6,11-12H2,1-3H3. The molecule has 0 atom stereocenters. The lowest BCUT2D eigenvalue weighted by Gasteiger charge is -2.09. The van der Waals surface area contributed by atoms with E-state index < -0.39 is 0 Å². The fourth-order valence-electron chi connectivity index (χ4n) is 2.42. The molecule has 0 saturated carbocycles. The van der Waals surface area contributed by atoms with Gasteiger partial charge in [-0.1, -0.05) is 56.7 Å². The first-order chi connectivity index (χ1) is 10.2. The van der Waals surface area contributed by atoms with Gasteiger partial charge in [-0.25, -0.2) is 4.68 Å². The van der Waals surface area contributed by atoms with Gasteiger partial charge in [0, 0.05) is 0 Å². The van der Waals surface area contributed by atoms with E-state index in [-0.39, 0.29) is 6.61 Å². The second-order valence-corrected chi connectivity index (χ2v) is 5.80. The second-order valence-electron chi connectivity index (χ2n) is 5.80. The molecule has 21 heavy (non-hydrogen) atoms. The summed E-state index contributed by atoms with van der Waals surface area (Å²) in [5.74, 6) is 0.548. The van der Waals surface area contributed by atoms with E-state index in [9.17, 15) is 5.11 Å². The van der Waals surface area contributed by atoms with Crippen LogP contribution in [0.4, 0.5) is 0 Å². The summed E-state index contributed by atoms with van der Waals surface area (Å²) in [5, 5.41) is 17.7. The zero-order chi connectivity index (χ0) is 15.2. The molecular weight excluding hydrogens is 262 g/mol. The minimum absolute atomic E-state index is 0.0364. The molecule has 0 fully saturated rings. The average Bonchev–Trinajstić information content (AvgIpc) is 2.87. The van der Waals surface area contributed by atoms with Crippen LogP contribution >= 0.6 is 0 Å². The van der Waals surface area contributed by atoms with Crippen molar-refractivity contribution in [3.63, 3.8) is 0 Å². The Morgan fingerprint density at radius 2 is 1.90 bits per heavy atom. The van der Waals surface area contributed by atoms with Crippen LogP contribution in [0, 0.1) is 0 Å². The van der Waals surface area contributed by atoms with E-state index >= 15 is 0 Å². The molecule has 2 rings (SSSR count). The number of hydrogen-bond donors (Lipinski definition) is 1. The van der Waals surface area contributed by atoms with Crippen LogP contribution in [0.5, 0.6) is 0 Å². The molecule has 114 valence electrons. The molecule has 4 nitrogen and oxygen atoms in total. The molecule has 0 aliphatic rings. The number of hydrogen-bond acceptors (Lipinski definition) is 3. The van der Waals surface area contributed by atoms with Crippen LogP contribution in [-0.4, -0.2) is 20.1 Å². The predicted molar refractivity (Wildman–Crippen MR) is 84.2 cm³/mol. The van der Waals surface area contributed by atoms with Crippen LogP contribution in [-0.2, 0) is 19.6 Å². The first kappa shape index (κ1) is 15.7. The summed E-state index contributed by atoms with van der Waals surface area (Å²) < 4.78 is 1.92. The van der Waals surface area contributed by atoms with Crippen LogP contribution < -0.4 is 0 Å². The topological polar surface area (TPSA) is 50.9 Å². The smallest absolute Gasteiger partial charge is 0.111 e. The van der Waals surface area contributed by atoms with E-state index in [2.05, 4.69) is 55.3 Å². The summed E-state index contributed by atoms with van der Waals surface area (Å²) >= 11 is 0. The normalized spacial score (nSPS) is 11.3. The highest BCUT2D eigenvalue weighted by atomic mass is 16.3. The molecule has 2 aromatic rings. The Hall–Kier alpha value is -1.68. The molecule has 0 spiro atoms. The lowest BCUT2D eigenvalue weighted by Crippen LogP contribution is -2.08. The summed E-state index contributed by atoms with van der Waals surface area (Å²) in [7, 11) is 0. The van der Waals surface area contributed by atoms with Crippen molar-refractivity contribution in [2.45, 2.75) is 59.1 Å². The third-order valence-electron chi connectivity index (χ3n) is 3.81. The highest BCUT2D eigenvalue weighted by molar-refractivity contribution is 5.25. The average molecular weight is 287 g/mol. The van der Waals surface area contributed by atoms with Crippen molar-refractivity contribution in [3.8, 4) is 0 Å². The number of benzene rings is 1. The number of rotatable bonds is 7. The van der Waals surface area contributed by atoms with Gasteiger partial charge in [0.1, 0.15) is 5.69 Å². The molecule has 1 aromatic heterocycles. The summed E-state index contributed by atoms with van der Waals surface area (Å²) in [6, 6.07) is 8.66. The van der Waals surface area contributed by atoms with Crippen LogP contribution in [0.15, 0.2) is 24.3 Å². The van der Waals surface area contributed by atoms with Crippen molar-refractivity contribution in [2.24, 2.45) is 0 Å². The second kappa shape index (κ2) is 7.36. The van der Waals surface area contributed by atoms with E-state index in [1.165, 1.54) is 11.1 Å². The van der Waals surface area contributed by atoms with E-state index in [4.69, 9.17) is 0 Å². The maximum Gasteiger partial charge on any atom is 0.111 e. The summed E-state index contributed by atoms with van der Waals surface area (Å²) in [5.41, 5.74) is 4.33. The summed E-state index contributed by atoms with van der Waals surface area (Å²) in [4.78, 5) is 0. The molecule has 0 amide bonds. The first-order valence-electron chi connectivity index (χ1n) is 7.76. The monoisotopic (exact) mass is 287 g/mol. The van der Waals surface area contributed by atoms with Gasteiger partial charge in [0.2, 0.25) is 0 Å². The highest BCUT2D eigenvalue weighted by Crippen LogP contribution is 2.16. The van der Waals surface area contributed by atoms with Crippen LogP contribution in [0.3, 0.4) is 0 Å². The van der Waals surface area contributed by atoms with Gasteiger partial charge in [0.05, 0.1) is 18.8 Å². The van der Waals surface area contributed by atoms with Crippen molar-refractivity contribution in [2.75, 3.05) is 0 Å². The number of nitrogens with zero attached hydrogens (tertiary/aromatic N) is 3. The quantitative estimate of drug-likeness (QED) is 0.850. The molecule has 0 radical (unpaired) electrons. The molecule has 0 aliphatic heterocycles. The third kappa shape index (κ3) is 3.91. The first-order valence-corrected chi connectivity index (χ1v) is 7.76. The van der Waals surface area contributed by atoms with Crippen molar-refractivity contribution >= 4 is 0 Å². The lowest BCUT2D eigenvalue weighted by molar-refractivity contribution is 0.275. The van der Waals surface area contributed by atoms with Crippen molar-refractivity contribution < 1.29 is 5.11 Å². The fraction of sp³-hybridized carbons (Fsp3) is 0.529. The van der Waals surface area contributed by atoms with E-state index in [1.54, 1.807) is 0 Å². The van der Waals surface area contributed by atoms with Crippen LogP contribution in [0.2, 0.25) is 0 Å². The Morgan fingerprint density at radius 3 is 2.48 bits per heavy atom. The highest BCUT2D eigenvalue weighted by Gasteiger charge is 2.12. The van der Waals surface area contributed by atoms with Gasteiger partial charge in [-0.3, -0.25) is 0 Å². The van der Waals surface area contributed by atoms with Gasteiger partial charge in [0.25, 0.3) is 0 Å². The van der Waals surface area contributed by atoms with Gasteiger partial charge < -0.3 is 5.11 Å². The Morgan fingerprint density at radius 1 is 1.19 bits per heavy atom. The fourth-order valence-corrected chi connectivity index (χ4v) is 2.42. The number of unbranched alkanes of at least 4 members (excludes halogenated alkanes) is 1. The van der Waals surface area contributed by atoms with Crippen molar-refractivity contribution in [1.29, 1.82) is 0 Å². The number of aliphatic hydroxyl groups excluding tert-OH is 1. The lowest BCUT2D eigenvalue weighted by atomic mass is 10.0. The summed E-state index contributed by atoms with van der Waals surface area (Å²) in [6.07, 6.45) is 3.13. The van der Waals surface area contributed by atoms with E-state index in [1.807, 2.05) is 4.68 Å². The van der Waals surface area contributed by atoms with Gasteiger partial charge in [0.15, 0.2) is 0 Å². The number of aliphatic hydroxyl groups is 1. The van der Waals surface area contributed by atoms with Crippen molar-refractivity contribution in [1.82, 2.24) is 15.0 Å². The SMILES string of the molecule is CCCCc1c(CO)nnn1Cc1ccc(C(C)C)cc1. The predicted octanol–water partition coefficient (Wildman–Crippen LogP) is 3.28. The Balaban J connectivity index is 2.16. The molecule has 1 aromatic carbocycles. The van der Waals surface area contributed by atoms with Gasteiger partial charge in [-0.15, -0.1) is 5.10 Å². The molecule has 4 heteroatoms. The van der Waals surface area contributed by atoms with Gasteiger partial charge in [-0.05, 0) is 29.9 Å². The van der Waals surface area contributed by atoms with Crippen LogP contribution in [0.25, 0.3) is 0 Å². The van der Waals surface area contributed by atoms with Gasteiger partial charge in [-0.2, -0.15) is 0 Å². The molecule has 0 aliphatic carbocycles. The molecule has 0 saturated heterocycles. The maximum atomic E-state index is 9.38. The van der Waals surface area contributed by atoms with E-state index in [0.29, 0.717) is 18.2 Å². The summed E-state index contributed by atoms with van der Waals surface area (Å²) in [6.45, 7) is 7.23.